The van der Waals surface area contributed by atoms with E-state index in [4.69, 9.17) is 4.74 Å². The molecular weight excluding hydrogens is 326 g/mol. The lowest BCUT2D eigenvalue weighted by molar-refractivity contribution is -0.125. The molecule has 1 aliphatic carbocycles. The zero-order valence-corrected chi connectivity index (χ0v) is 14.3. The summed E-state index contributed by atoms with van der Waals surface area (Å²) in [6.45, 7) is 1.60. The first-order valence-electron chi connectivity index (χ1n) is 8.04. The van der Waals surface area contributed by atoms with Crippen molar-refractivity contribution in [3.63, 3.8) is 0 Å². The Hall–Kier alpha value is -2.28. The van der Waals surface area contributed by atoms with Crippen LogP contribution in [0.3, 0.4) is 0 Å². The van der Waals surface area contributed by atoms with Crippen molar-refractivity contribution >= 4 is 23.4 Å². The van der Waals surface area contributed by atoms with Crippen LogP contribution in [0.2, 0.25) is 0 Å². The zero-order chi connectivity index (χ0) is 16.9. The van der Waals surface area contributed by atoms with Gasteiger partial charge in [0, 0.05) is 0 Å². The highest BCUT2D eigenvalue weighted by Gasteiger charge is 2.22. The molecular formula is C17H19N3O3S. The van der Waals surface area contributed by atoms with Crippen molar-refractivity contribution in [3.05, 3.63) is 46.0 Å². The number of amides is 1. The first kappa shape index (κ1) is 16.6. The average molecular weight is 345 g/mol. The summed E-state index contributed by atoms with van der Waals surface area (Å²) in [5.74, 6) is -0.832. The molecule has 0 spiro atoms. The highest BCUT2D eigenvalue weighted by Crippen LogP contribution is 2.29. The SMILES string of the molecule is CCc1nnsc1C(=O)OCC(=O)N[C@H]1CCCc2ccccc21. The molecule has 0 aliphatic heterocycles. The fraction of sp³-hybridized carbons (Fsp3) is 0.412. The molecule has 0 saturated carbocycles. The molecule has 3 rings (SSSR count). The van der Waals surface area contributed by atoms with Crippen LogP contribution in [0.5, 0.6) is 0 Å². The van der Waals surface area contributed by atoms with Crippen LogP contribution in [0.15, 0.2) is 24.3 Å². The molecule has 1 aliphatic rings. The number of nitrogens with one attached hydrogen (secondary N) is 1. The number of ether oxygens (including phenoxy) is 1. The summed E-state index contributed by atoms with van der Waals surface area (Å²) < 4.78 is 8.85. The van der Waals surface area contributed by atoms with Crippen molar-refractivity contribution in [2.75, 3.05) is 6.61 Å². The van der Waals surface area contributed by atoms with Crippen LogP contribution in [-0.4, -0.2) is 28.1 Å². The van der Waals surface area contributed by atoms with Gasteiger partial charge in [0.25, 0.3) is 5.91 Å². The van der Waals surface area contributed by atoms with Crippen molar-refractivity contribution < 1.29 is 14.3 Å². The summed E-state index contributed by atoms with van der Waals surface area (Å²) in [5, 5.41) is 6.83. The lowest BCUT2D eigenvalue weighted by Crippen LogP contribution is -2.34. The summed E-state index contributed by atoms with van der Waals surface area (Å²) in [5.41, 5.74) is 3.03. The molecule has 0 fully saturated rings. The molecule has 0 radical (unpaired) electrons. The van der Waals surface area contributed by atoms with E-state index in [-0.39, 0.29) is 18.6 Å². The molecule has 1 aromatic carbocycles. The minimum Gasteiger partial charge on any atom is -0.451 e. The normalized spacial score (nSPS) is 16.3. The number of rotatable bonds is 5. The first-order valence-corrected chi connectivity index (χ1v) is 8.82. The molecule has 126 valence electrons. The molecule has 1 heterocycles. The average Bonchev–Trinajstić information content (AvgIpc) is 3.09. The third-order valence-corrected chi connectivity index (χ3v) is 4.86. The third kappa shape index (κ3) is 3.62. The van der Waals surface area contributed by atoms with E-state index in [2.05, 4.69) is 21.0 Å². The predicted molar refractivity (Wildman–Crippen MR) is 89.8 cm³/mol. The van der Waals surface area contributed by atoms with Crippen molar-refractivity contribution in [2.45, 2.75) is 38.6 Å². The number of hydrogen-bond donors (Lipinski definition) is 1. The van der Waals surface area contributed by atoms with Crippen LogP contribution in [0, 0.1) is 0 Å². The van der Waals surface area contributed by atoms with E-state index in [1.165, 1.54) is 5.56 Å². The molecule has 24 heavy (non-hydrogen) atoms. The Balaban J connectivity index is 1.56. The van der Waals surface area contributed by atoms with Gasteiger partial charge in [-0.05, 0) is 48.3 Å². The van der Waals surface area contributed by atoms with Crippen molar-refractivity contribution in [1.82, 2.24) is 14.9 Å². The third-order valence-electron chi connectivity index (χ3n) is 4.12. The van der Waals surface area contributed by atoms with Gasteiger partial charge in [0.1, 0.15) is 0 Å². The van der Waals surface area contributed by atoms with E-state index < -0.39 is 5.97 Å². The Morgan fingerprint density at radius 2 is 2.21 bits per heavy atom. The van der Waals surface area contributed by atoms with Gasteiger partial charge in [-0.25, -0.2) is 4.79 Å². The number of aryl methyl sites for hydroxylation is 2. The number of benzene rings is 1. The van der Waals surface area contributed by atoms with Gasteiger partial charge in [-0.3, -0.25) is 4.79 Å². The van der Waals surface area contributed by atoms with E-state index in [1.807, 2.05) is 25.1 Å². The summed E-state index contributed by atoms with van der Waals surface area (Å²) in [6, 6.07) is 8.11. The van der Waals surface area contributed by atoms with E-state index in [0.29, 0.717) is 17.0 Å². The topological polar surface area (TPSA) is 81.2 Å². The maximum atomic E-state index is 12.1. The van der Waals surface area contributed by atoms with Crippen molar-refractivity contribution in [1.29, 1.82) is 0 Å². The number of fused-ring (bicyclic) bond motifs is 1. The predicted octanol–water partition coefficient (Wildman–Crippen LogP) is 2.45. The van der Waals surface area contributed by atoms with Crippen molar-refractivity contribution in [2.24, 2.45) is 0 Å². The number of carbonyl (C=O) groups excluding carboxylic acids is 2. The van der Waals surface area contributed by atoms with E-state index >= 15 is 0 Å². The zero-order valence-electron chi connectivity index (χ0n) is 13.4. The second kappa shape index (κ2) is 7.53. The molecule has 1 aromatic heterocycles. The summed E-state index contributed by atoms with van der Waals surface area (Å²) >= 11 is 0.993. The number of carbonyl (C=O) groups is 2. The quantitative estimate of drug-likeness (QED) is 0.842. The summed E-state index contributed by atoms with van der Waals surface area (Å²) in [4.78, 5) is 24.5. The van der Waals surface area contributed by atoms with Gasteiger partial charge in [-0.1, -0.05) is 35.7 Å². The Morgan fingerprint density at radius 1 is 1.38 bits per heavy atom. The molecule has 7 heteroatoms. The van der Waals surface area contributed by atoms with Crippen LogP contribution < -0.4 is 5.32 Å². The highest BCUT2D eigenvalue weighted by atomic mass is 32.1. The smallest absolute Gasteiger partial charge is 0.352 e. The number of esters is 1. The molecule has 0 bridgehead atoms. The number of aromatic nitrogens is 2. The largest absolute Gasteiger partial charge is 0.451 e. The Morgan fingerprint density at radius 3 is 3.04 bits per heavy atom. The van der Waals surface area contributed by atoms with Gasteiger partial charge in [0.05, 0.1) is 11.7 Å². The molecule has 6 nitrogen and oxygen atoms in total. The first-order chi connectivity index (χ1) is 11.7. The molecule has 2 aromatic rings. The van der Waals surface area contributed by atoms with Crippen LogP contribution >= 0.6 is 11.5 Å². The Labute approximate surface area is 144 Å². The number of hydrogen-bond acceptors (Lipinski definition) is 6. The van der Waals surface area contributed by atoms with Gasteiger partial charge in [-0.15, -0.1) is 5.10 Å². The number of nitrogens with zero attached hydrogens (tertiary/aromatic N) is 2. The monoisotopic (exact) mass is 345 g/mol. The molecule has 0 unspecified atom stereocenters. The standard InChI is InChI=1S/C17H19N3O3S/c1-2-13-16(24-20-19-13)17(22)23-10-15(21)18-14-9-5-7-11-6-3-4-8-12(11)14/h3-4,6,8,14H,2,5,7,9-10H2,1H3,(H,18,21)/t14-/m0/s1. The molecule has 0 saturated heterocycles. The maximum Gasteiger partial charge on any atom is 0.352 e. The van der Waals surface area contributed by atoms with Crippen LogP contribution in [-0.2, 0) is 22.4 Å². The van der Waals surface area contributed by atoms with Gasteiger partial charge in [-0.2, -0.15) is 0 Å². The van der Waals surface area contributed by atoms with Crippen molar-refractivity contribution in [3.8, 4) is 0 Å². The van der Waals surface area contributed by atoms with Crippen LogP contribution in [0.25, 0.3) is 0 Å². The lowest BCUT2D eigenvalue weighted by atomic mass is 9.88. The van der Waals surface area contributed by atoms with E-state index in [1.54, 1.807) is 0 Å². The fourth-order valence-electron chi connectivity index (χ4n) is 2.93. The Bertz CT molecular complexity index is 744. The van der Waals surface area contributed by atoms with Gasteiger partial charge < -0.3 is 10.1 Å². The van der Waals surface area contributed by atoms with E-state index in [0.717, 1.165) is 36.4 Å². The van der Waals surface area contributed by atoms with Crippen LogP contribution in [0.1, 0.15) is 52.3 Å². The highest BCUT2D eigenvalue weighted by molar-refractivity contribution is 7.07. The second-order valence-corrected chi connectivity index (χ2v) is 6.44. The minimum atomic E-state index is -0.541. The Kier molecular flexibility index (Phi) is 5.20. The molecule has 1 amide bonds. The summed E-state index contributed by atoms with van der Waals surface area (Å²) in [6.07, 6.45) is 3.57. The minimum absolute atomic E-state index is 0.0163. The molecule has 1 atom stereocenters. The van der Waals surface area contributed by atoms with E-state index in [9.17, 15) is 9.59 Å². The van der Waals surface area contributed by atoms with Crippen LogP contribution in [0.4, 0.5) is 0 Å². The fourth-order valence-corrected chi connectivity index (χ4v) is 3.58. The van der Waals surface area contributed by atoms with Gasteiger partial charge in [0.15, 0.2) is 11.5 Å². The lowest BCUT2D eigenvalue weighted by Gasteiger charge is -2.26. The van der Waals surface area contributed by atoms with Gasteiger partial charge >= 0.3 is 5.97 Å². The second-order valence-electron chi connectivity index (χ2n) is 5.69. The summed E-state index contributed by atoms with van der Waals surface area (Å²) in [7, 11) is 0. The molecule has 1 N–H and O–H groups in total. The maximum absolute atomic E-state index is 12.1. The van der Waals surface area contributed by atoms with Gasteiger partial charge in [0.2, 0.25) is 0 Å².